The van der Waals surface area contributed by atoms with Crippen LogP contribution in [0.5, 0.6) is 11.5 Å². The molecule has 0 aliphatic heterocycles. The molecule has 0 aliphatic rings. The number of nitrogens with two attached hydrogens (primary N) is 1. The van der Waals surface area contributed by atoms with Crippen LogP contribution in [-0.2, 0) is 0 Å². The molecule has 0 amide bonds. The van der Waals surface area contributed by atoms with E-state index in [4.69, 9.17) is 15.2 Å². The van der Waals surface area contributed by atoms with E-state index >= 15 is 0 Å². The highest BCUT2D eigenvalue weighted by Crippen LogP contribution is 2.18. The van der Waals surface area contributed by atoms with Crippen LogP contribution in [0.1, 0.15) is 8.35 Å². The molecule has 0 fully saturated rings. The van der Waals surface area contributed by atoms with E-state index in [1.807, 2.05) is 31.2 Å². The minimum atomic E-state index is 0. The summed E-state index contributed by atoms with van der Waals surface area (Å²) in [5.74, 6) is 1.63. The molecule has 13 heavy (non-hydrogen) atoms. The minimum absolute atomic E-state index is 0. The molecule has 1 rings (SSSR count). The monoisotopic (exact) mass is 183 g/mol. The lowest BCUT2D eigenvalue weighted by Crippen LogP contribution is -2.10. The maximum absolute atomic E-state index is 5.34. The third-order valence-corrected chi connectivity index (χ3v) is 1.50. The van der Waals surface area contributed by atoms with Crippen LogP contribution in [0, 0.1) is 0 Å². The highest BCUT2D eigenvalue weighted by molar-refractivity contribution is 5.32. The van der Waals surface area contributed by atoms with Crippen LogP contribution >= 0.6 is 0 Å². The van der Waals surface area contributed by atoms with Gasteiger partial charge in [-0.2, -0.15) is 0 Å². The number of hydrogen-bond donors (Lipinski definition) is 1. The molecule has 0 heterocycles. The maximum atomic E-state index is 5.34. The molecular formula is C10H17NO2. The summed E-state index contributed by atoms with van der Waals surface area (Å²) < 4.78 is 10.7. The quantitative estimate of drug-likeness (QED) is 0.755. The summed E-state index contributed by atoms with van der Waals surface area (Å²) in [4.78, 5) is 0. The summed E-state index contributed by atoms with van der Waals surface area (Å²) in [6.07, 6.45) is 0. The van der Waals surface area contributed by atoms with Crippen LogP contribution in [0.2, 0.25) is 0 Å². The topological polar surface area (TPSA) is 44.5 Å². The average molecular weight is 183 g/mol. The van der Waals surface area contributed by atoms with E-state index < -0.39 is 0 Å². The lowest BCUT2D eigenvalue weighted by Gasteiger charge is -2.06. The molecule has 74 valence electrons. The fourth-order valence-electron chi connectivity index (χ4n) is 0.997. The molecule has 1 aromatic carbocycles. The molecular weight excluding hydrogens is 166 g/mol. The molecule has 3 heteroatoms. The summed E-state index contributed by atoms with van der Waals surface area (Å²) in [5, 5.41) is 0. The van der Waals surface area contributed by atoms with Crippen molar-refractivity contribution in [2.45, 2.75) is 6.92 Å². The third kappa shape index (κ3) is 3.34. The van der Waals surface area contributed by atoms with Crippen molar-refractivity contribution in [3.8, 4) is 11.5 Å². The second kappa shape index (κ2) is 5.43. The summed E-state index contributed by atoms with van der Waals surface area (Å²) in [6, 6.07) is 7.55. The van der Waals surface area contributed by atoms with Crippen LogP contribution in [0.15, 0.2) is 24.3 Å². The van der Waals surface area contributed by atoms with Gasteiger partial charge >= 0.3 is 0 Å². The summed E-state index contributed by atoms with van der Waals surface area (Å²) in [5.41, 5.74) is 5.32. The molecule has 0 aliphatic carbocycles. The number of ether oxygens (including phenoxy) is 2. The van der Waals surface area contributed by atoms with Gasteiger partial charge in [-0.1, -0.05) is 6.07 Å². The van der Waals surface area contributed by atoms with Gasteiger partial charge in [-0.3, -0.25) is 0 Å². The Morgan fingerprint density at radius 2 is 2.00 bits per heavy atom. The van der Waals surface area contributed by atoms with Crippen molar-refractivity contribution >= 4 is 0 Å². The van der Waals surface area contributed by atoms with E-state index in [2.05, 4.69) is 0 Å². The lowest BCUT2D eigenvalue weighted by molar-refractivity contribution is 0.316. The molecule has 0 bridgehead atoms. The fraction of sp³-hybridized carbons (Fsp3) is 0.400. The van der Waals surface area contributed by atoms with Gasteiger partial charge in [0.05, 0.1) is 6.61 Å². The van der Waals surface area contributed by atoms with E-state index in [0.717, 1.165) is 11.5 Å². The lowest BCUT2D eigenvalue weighted by atomic mass is 10.3. The number of hydrogen-bond acceptors (Lipinski definition) is 3. The molecule has 0 saturated carbocycles. The van der Waals surface area contributed by atoms with Crippen LogP contribution in [0.25, 0.3) is 0 Å². The van der Waals surface area contributed by atoms with Crippen molar-refractivity contribution in [1.82, 2.24) is 0 Å². The number of rotatable bonds is 5. The van der Waals surface area contributed by atoms with Crippen molar-refractivity contribution in [1.29, 1.82) is 0 Å². The summed E-state index contributed by atoms with van der Waals surface area (Å²) >= 11 is 0. The Balaban J connectivity index is 0.00000169. The first-order valence-corrected chi connectivity index (χ1v) is 4.42. The maximum Gasteiger partial charge on any atom is 0.123 e. The van der Waals surface area contributed by atoms with Crippen LogP contribution in [-0.4, -0.2) is 19.8 Å². The zero-order valence-electron chi connectivity index (χ0n) is 7.82. The Morgan fingerprint density at radius 1 is 1.31 bits per heavy atom. The average Bonchev–Trinajstić information content (AvgIpc) is 2.16. The smallest absolute Gasteiger partial charge is 0.123 e. The van der Waals surface area contributed by atoms with Gasteiger partial charge in [0.15, 0.2) is 0 Å². The molecule has 0 spiro atoms. The first-order chi connectivity index (χ1) is 6.36. The van der Waals surface area contributed by atoms with Gasteiger partial charge in [0.25, 0.3) is 0 Å². The van der Waals surface area contributed by atoms with Crippen molar-refractivity contribution < 1.29 is 10.9 Å². The van der Waals surface area contributed by atoms with Gasteiger partial charge in [0, 0.05) is 14.0 Å². The molecule has 0 aromatic heterocycles. The summed E-state index contributed by atoms with van der Waals surface area (Å²) in [6.45, 7) is 3.68. The third-order valence-electron chi connectivity index (χ3n) is 1.50. The Labute approximate surface area is 79.9 Å². The molecule has 0 atom stereocenters. The first-order valence-electron chi connectivity index (χ1n) is 4.42. The zero-order valence-corrected chi connectivity index (χ0v) is 7.82. The van der Waals surface area contributed by atoms with E-state index in [1.54, 1.807) is 0 Å². The fourth-order valence-corrected chi connectivity index (χ4v) is 0.997. The van der Waals surface area contributed by atoms with Gasteiger partial charge < -0.3 is 15.2 Å². The predicted octanol–water partition coefficient (Wildman–Crippen LogP) is 1.67. The molecule has 1 aromatic rings. The van der Waals surface area contributed by atoms with E-state index in [0.29, 0.717) is 19.8 Å². The van der Waals surface area contributed by atoms with Gasteiger partial charge in [-0.05, 0) is 19.1 Å². The van der Waals surface area contributed by atoms with Gasteiger partial charge in [0.2, 0.25) is 0 Å². The number of benzene rings is 1. The van der Waals surface area contributed by atoms with E-state index in [-0.39, 0.29) is 1.43 Å². The molecule has 2 N–H and O–H groups in total. The molecule has 0 unspecified atom stereocenters. The van der Waals surface area contributed by atoms with Crippen molar-refractivity contribution in [2.24, 2.45) is 5.73 Å². The van der Waals surface area contributed by atoms with Gasteiger partial charge in [-0.15, -0.1) is 0 Å². The highest BCUT2D eigenvalue weighted by atomic mass is 16.5. The predicted molar refractivity (Wildman–Crippen MR) is 54.3 cm³/mol. The highest BCUT2D eigenvalue weighted by Gasteiger charge is 1.95. The standard InChI is InChI=1S/C10H15NO2.H2/c1-2-12-9-4-3-5-10(8-9)13-7-6-11;/h3-5,8H,2,6-7,11H2,1H3;1H. The second-order valence-corrected chi connectivity index (χ2v) is 2.55. The van der Waals surface area contributed by atoms with Crippen molar-refractivity contribution in [3.63, 3.8) is 0 Å². The van der Waals surface area contributed by atoms with E-state index in [1.165, 1.54) is 0 Å². The Morgan fingerprint density at radius 3 is 2.62 bits per heavy atom. The minimum Gasteiger partial charge on any atom is -0.494 e. The van der Waals surface area contributed by atoms with Crippen LogP contribution in [0.3, 0.4) is 0 Å². The zero-order chi connectivity index (χ0) is 9.52. The van der Waals surface area contributed by atoms with Gasteiger partial charge in [0.1, 0.15) is 18.1 Å². The second-order valence-electron chi connectivity index (χ2n) is 2.55. The Kier molecular flexibility index (Phi) is 4.12. The Bertz CT molecular complexity index is 256. The van der Waals surface area contributed by atoms with Crippen LogP contribution in [0.4, 0.5) is 0 Å². The Hall–Kier alpha value is -1.22. The summed E-state index contributed by atoms with van der Waals surface area (Å²) in [7, 11) is 0. The normalized spacial score (nSPS) is 9.69. The largest absolute Gasteiger partial charge is 0.494 e. The molecule has 0 saturated heterocycles. The van der Waals surface area contributed by atoms with Crippen molar-refractivity contribution in [2.75, 3.05) is 19.8 Å². The van der Waals surface area contributed by atoms with Crippen molar-refractivity contribution in [3.05, 3.63) is 24.3 Å². The molecule has 3 nitrogen and oxygen atoms in total. The van der Waals surface area contributed by atoms with E-state index in [9.17, 15) is 0 Å². The SMILES string of the molecule is CCOc1cccc(OCCN)c1.[HH]. The first kappa shape index (κ1) is 9.86. The van der Waals surface area contributed by atoms with Crippen LogP contribution < -0.4 is 15.2 Å². The van der Waals surface area contributed by atoms with Gasteiger partial charge in [-0.25, -0.2) is 0 Å². The molecule has 0 radical (unpaired) electrons.